The Bertz CT molecular complexity index is 227. The van der Waals surface area contributed by atoms with Crippen LogP contribution in [0.1, 0.15) is 11.6 Å². The fraction of sp³-hybridized carbons (Fsp3) is 0.429. The van der Waals surface area contributed by atoms with Gasteiger partial charge in [0, 0.05) is 12.7 Å². The summed E-state index contributed by atoms with van der Waals surface area (Å²) >= 11 is 0. The van der Waals surface area contributed by atoms with E-state index in [-0.39, 0.29) is 6.54 Å². The summed E-state index contributed by atoms with van der Waals surface area (Å²) in [6.07, 6.45) is 0.193. The van der Waals surface area contributed by atoms with Gasteiger partial charge in [0.1, 0.15) is 6.33 Å². The van der Waals surface area contributed by atoms with Crippen molar-refractivity contribution < 1.29 is 8.78 Å². The van der Waals surface area contributed by atoms with Gasteiger partial charge in [-0.15, -0.1) is 0 Å². The largest absolute Gasteiger partial charge is 0.330 e. The highest BCUT2D eigenvalue weighted by atomic mass is 19.3. The van der Waals surface area contributed by atoms with Gasteiger partial charge in [-0.25, -0.2) is 18.7 Å². The van der Waals surface area contributed by atoms with Crippen molar-refractivity contribution in [1.29, 1.82) is 0 Å². The van der Waals surface area contributed by atoms with Crippen molar-refractivity contribution in [1.82, 2.24) is 9.97 Å². The highest BCUT2D eigenvalue weighted by Crippen LogP contribution is 2.18. The van der Waals surface area contributed by atoms with Gasteiger partial charge in [0.25, 0.3) is 0 Å². The van der Waals surface area contributed by atoms with Crippen LogP contribution >= 0.6 is 0 Å². The Morgan fingerprint density at radius 1 is 1.50 bits per heavy atom. The van der Waals surface area contributed by atoms with E-state index in [2.05, 4.69) is 9.97 Å². The summed E-state index contributed by atoms with van der Waals surface area (Å²) in [7, 11) is 0. The van der Waals surface area contributed by atoms with Crippen LogP contribution in [0.15, 0.2) is 18.6 Å². The molecule has 0 amide bonds. The first-order valence-corrected chi connectivity index (χ1v) is 3.50. The number of rotatable bonds is 3. The van der Waals surface area contributed by atoms with Gasteiger partial charge >= 0.3 is 0 Å². The van der Waals surface area contributed by atoms with Gasteiger partial charge in [0.15, 0.2) is 0 Å². The van der Waals surface area contributed by atoms with Crippen molar-refractivity contribution in [2.75, 3.05) is 6.54 Å². The second-order valence-corrected chi connectivity index (χ2v) is 2.31. The Morgan fingerprint density at radius 3 is 2.67 bits per heavy atom. The Balaban J connectivity index is 2.80. The molecule has 1 heterocycles. The number of hydrogen-bond donors (Lipinski definition) is 1. The summed E-state index contributed by atoms with van der Waals surface area (Å²) in [5, 5.41) is 0. The number of alkyl halides is 2. The molecule has 5 heteroatoms. The van der Waals surface area contributed by atoms with Crippen LogP contribution < -0.4 is 5.73 Å². The molecular weight excluding hydrogens is 164 g/mol. The van der Waals surface area contributed by atoms with E-state index in [1.807, 2.05) is 0 Å². The predicted octanol–water partition coefficient (Wildman–Crippen LogP) is 0.784. The monoisotopic (exact) mass is 173 g/mol. The van der Waals surface area contributed by atoms with Crippen molar-refractivity contribution in [2.24, 2.45) is 5.73 Å². The fourth-order valence-corrected chi connectivity index (χ4v) is 0.873. The van der Waals surface area contributed by atoms with Gasteiger partial charge in [-0.2, -0.15) is 0 Å². The van der Waals surface area contributed by atoms with Crippen molar-refractivity contribution in [3.05, 3.63) is 24.3 Å². The van der Waals surface area contributed by atoms with E-state index in [9.17, 15) is 8.78 Å². The van der Waals surface area contributed by atoms with E-state index in [4.69, 9.17) is 5.73 Å². The van der Waals surface area contributed by atoms with Crippen molar-refractivity contribution in [3.63, 3.8) is 0 Å². The lowest BCUT2D eigenvalue weighted by Gasteiger charge is -2.11. The minimum absolute atomic E-state index is 0.103. The van der Waals surface area contributed by atoms with Gasteiger partial charge in [-0.1, -0.05) is 0 Å². The molecule has 12 heavy (non-hydrogen) atoms. The third kappa shape index (κ3) is 1.94. The number of halogens is 2. The molecule has 0 aliphatic carbocycles. The molecule has 0 radical (unpaired) electrons. The molecule has 2 N–H and O–H groups in total. The average Bonchev–Trinajstić information content (AvgIpc) is 2.07. The van der Waals surface area contributed by atoms with Gasteiger partial charge in [-0.3, -0.25) is 0 Å². The highest BCUT2D eigenvalue weighted by molar-refractivity contribution is 5.07. The van der Waals surface area contributed by atoms with E-state index in [1.54, 1.807) is 0 Å². The fourth-order valence-electron chi connectivity index (χ4n) is 0.873. The van der Waals surface area contributed by atoms with Crippen LogP contribution in [0.3, 0.4) is 0 Å². The maximum atomic E-state index is 12.2. The third-order valence-corrected chi connectivity index (χ3v) is 1.54. The molecular formula is C7H9F2N3. The smallest absolute Gasteiger partial charge is 0.248 e. The Hall–Kier alpha value is -1.10. The van der Waals surface area contributed by atoms with Crippen molar-refractivity contribution >= 4 is 0 Å². The quantitative estimate of drug-likeness (QED) is 0.735. The third-order valence-electron chi connectivity index (χ3n) is 1.54. The Labute approximate surface area is 68.6 Å². The topological polar surface area (TPSA) is 51.8 Å². The lowest BCUT2D eigenvalue weighted by Crippen LogP contribution is -2.20. The molecule has 0 aliphatic heterocycles. The van der Waals surface area contributed by atoms with Crippen LogP contribution in [0, 0.1) is 0 Å². The molecule has 1 atom stereocenters. The summed E-state index contributed by atoms with van der Waals surface area (Å²) in [5.41, 5.74) is 5.46. The first-order chi connectivity index (χ1) is 5.75. The molecule has 66 valence electrons. The number of nitrogens with zero attached hydrogens (tertiary/aromatic N) is 2. The average molecular weight is 173 g/mol. The number of aromatic nitrogens is 2. The number of hydrogen-bond acceptors (Lipinski definition) is 3. The maximum Gasteiger partial charge on any atom is 0.248 e. The summed E-state index contributed by atoms with van der Waals surface area (Å²) in [5.74, 6) is -0.979. The molecule has 1 aromatic rings. The van der Waals surface area contributed by atoms with Gasteiger partial charge in [0.05, 0.1) is 11.6 Å². The summed E-state index contributed by atoms with van der Waals surface area (Å²) < 4.78 is 24.5. The lowest BCUT2D eigenvalue weighted by atomic mass is 10.1. The molecule has 1 rings (SSSR count). The first-order valence-electron chi connectivity index (χ1n) is 3.50. The molecule has 0 bridgehead atoms. The van der Waals surface area contributed by atoms with Crippen LogP contribution in [0.25, 0.3) is 0 Å². The first kappa shape index (κ1) is 8.99. The zero-order valence-corrected chi connectivity index (χ0v) is 6.32. The minimum Gasteiger partial charge on any atom is -0.330 e. The Kier molecular flexibility index (Phi) is 3.04. The molecule has 0 spiro atoms. The van der Waals surface area contributed by atoms with Gasteiger partial charge < -0.3 is 5.73 Å². The standard InChI is InChI=1S/C7H9F2N3/c8-7(9)5(3-10)6-1-2-11-4-12-6/h1-2,4-5,7H,3,10H2. The predicted molar refractivity (Wildman–Crippen MR) is 39.8 cm³/mol. The summed E-state index contributed by atoms with van der Waals surface area (Å²) in [4.78, 5) is 7.32. The molecule has 0 saturated heterocycles. The summed E-state index contributed by atoms with van der Waals surface area (Å²) in [6, 6.07) is 1.45. The van der Waals surface area contributed by atoms with E-state index in [0.29, 0.717) is 5.69 Å². The highest BCUT2D eigenvalue weighted by Gasteiger charge is 2.21. The zero-order chi connectivity index (χ0) is 8.97. The molecule has 0 aromatic carbocycles. The van der Waals surface area contributed by atoms with Gasteiger partial charge in [0.2, 0.25) is 6.43 Å². The normalized spacial score (nSPS) is 13.3. The molecule has 3 nitrogen and oxygen atoms in total. The van der Waals surface area contributed by atoms with E-state index < -0.39 is 12.3 Å². The maximum absolute atomic E-state index is 12.2. The lowest BCUT2D eigenvalue weighted by molar-refractivity contribution is 0.115. The van der Waals surface area contributed by atoms with Crippen LogP contribution in [0.5, 0.6) is 0 Å². The van der Waals surface area contributed by atoms with Gasteiger partial charge in [-0.05, 0) is 6.07 Å². The van der Waals surface area contributed by atoms with Crippen LogP contribution in [-0.2, 0) is 0 Å². The van der Waals surface area contributed by atoms with E-state index in [0.717, 1.165) is 0 Å². The minimum atomic E-state index is -2.47. The van der Waals surface area contributed by atoms with E-state index in [1.165, 1.54) is 18.6 Å². The molecule has 0 aliphatic rings. The number of nitrogens with two attached hydrogens (primary N) is 1. The second-order valence-electron chi connectivity index (χ2n) is 2.31. The molecule has 0 saturated carbocycles. The summed E-state index contributed by atoms with van der Waals surface area (Å²) in [6.45, 7) is -0.103. The zero-order valence-electron chi connectivity index (χ0n) is 6.32. The second kappa shape index (κ2) is 4.06. The Morgan fingerprint density at radius 2 is 2.25 bits per heavy atom. The van der Waals surface area contributed by atoms with Crippen LogP contribution in [0.4, 0.5) is 8.78 Å². The molecule has 1 unspecified atom stereocenters. The van der Waals surface area contributed by atoms with Crippen molar-refractivity contribution in [3.8, 4) is 0 Å². The van der Waals surface area contributed by atoms with Crippen LogP contribution in [-0.4, -0.2) is 22.9 Å². The SMILES string of the molecule is NCC(c1ccncn1)C(F)F. The molecule has 0 fully saturated rings. The van der Waals surface area contributed by atoms with Crippen LogP contribution in [0.2, 0.25) is 0 Å². The van der Waals surface area contributed by atoms with E-state index >= 15 is 0 Å². The van der Waals surface area contributed by atoms with Crippen molar-refractivity contribution in [2.45, 2.75) is 12.3 Å². The molecule has 1 aromatic heterocycles.